The molecule has 0 saturated carbocycles. The molecule has 1 nitrogen and oxygen atoms in total. The van der Waals surface area contributed by atoms with E-state index in [0.717, 1.165) is 16.6 Å². The summed E-state index contributed by atoms with van der Waals surface area (Å²) in [6.07, 6.45) is 0.928. The Morgan fingerprint density at radius 1 is 0.826 bits per heavy atom. The van der Waals surface area contributed by atoms with E-state index in [-0.39, 0.29) is 0 Å². The molecule has 2 heteroatoms. The van der Waals surface area contributed by atoms with E-state index in [9.17, 15) is 0 Å². The van der Waals surface area contributed by atoms with E-state index in [1.807, 2.05) is 0 Å². The summed E-state index contributed by atoms with van der Waals surface area (Å²) in [6, 6.07) is 27.5. The van der Waals surface area contributed by atoms with Crippen LogP contribution in [0.3, 0.4) is 0 Å². The summed E-state index contributed by atoms with van der Waals surface area (Å²) >= 11 is 3.19. The van der Waals surface area contributed by atoms with E-state index >= 15 is 0 Å². The van der Waals surface area contributed by atoms with Crippen LogP contribution in [-0.2, 0) is 6.42 Å². The van der Waals surface area contributed by atoms with Gasteiger partial charge in [0.2, 0.25) is 0 Å². The molecule has 114 valence electrons. The maximum atomic E-state index is 3.47. The summed E-state index contributed by atoms with van der Waals surface area (Å²) in [5, 5.41) is 3.47. The van der Waals surface area contributed by atoms with Crippen molar-refractivity contribution in [3.05, 3.63) is 101 Å². The zero-order chi connectivity index (χ0) is 16.1. The molecule has 0 spiro atoms. The normalized spacial score (nSPS) is 10.3. The first kappa shape index (κ1) is 15.7. The van der Waals surface area contributed by atoms with Gasteiger partial charge in [-0.25, -0.2) is 0 Å². The SMILES string of the molecule is Cc1ccc(NC(=[Se])c2ccccc2Cc2ccccc2)cc1. The van der Waals surface area contributed by atoms with Crippen molar-refractivity contribution < 1.29 is 0 Å². The Balaban J connectivity index is 1.82. The van der Waals surface area contributed by atoms with E-state index in [1.54, 1.807) is 0 Å². The van der Waals surface area contributed by atoms with Crippen LogP contribution in [0.1, 0.15) is 22.3 Å². The Labute approximate surface area is 145 Å². The van der Waals surface area contributed by atoms with Gasteiger partial charge in [-0.2, -0.15) is 0 Å². The third kappa shape index (κ3) is 4.19. The number of benzene rings is 3. The fourth-order valence-corrected chi connectivity index (χ4v) is 3.21. The van der Waals surface area contributed by atoms with Crippen LogP contribution in [0.25, 0.3) is 0 Å². The standard InChI is InChI=1S/C21H19NSe/c1-16-11-13-19(14-12-16)22-21(23)20-10-6-5-9-18(20)15-17-7-3-2-4-8-17/h2-14H,15H2,1H3,(H,22,23). The van der Waals surface area contributed by atoms with Gasteiger partial charge in [-0.15, -0.1) is 0 Å². The predicted molar refractivity (Wildman–Crippen MR) is 100 cm³/mol. The predicted octanol–water partition coefficient (Wildman–Crippen LogP) is 4.34. The van der Waals surface area contributed by atoms with Crippen molar-refractivity contribution in [2.24, 2.45) is 0 Å². The van der Waals surface area contributed by atoms with E-state index in [0.29, 0.717) is 0 Å². The number of hydrogen-bond donors (Lipinski definition) is 1. The molecular formula is C21H19NSe. The first-order valence-electron chi connectivity index (χ1n) is 7.72. The van der Waals surface area contributed by atoms with E-state index in [1.165, 1.54) is 22.3 Å². The maximum absolute atomic E-state index is 3.47. The molecule has 23 heavy (non-hydrogen) atoms. The van der Waals surface area contributed by atoms with E-state index < -0.39 is 0 Å². The van der Waals surface area contributed by atoms with Gasteiger partial charge in [0.1, 0.15) is 0 Å². The second kappa shape index (κ2) is 7.41. The average molecular weight is 364 g/mol. The van der Waals surface area contributed by atoms with Crippen LogP contribution in [-0.4, -0.2) is 20.1 Å². The Bertz CT molecular complexity index is 792. The number of rotatable bonds is 5. The van der Waals surface area contributed by atoms with Crippen molar-refractivity contribution in [2.45, 2.75) is 13.3 Å². The second-order valence-corrected chi connectivity index (χ2v) is 6.50. The van der Waals surface area contributed by atoms with Gasteiger partial charge in [-0.1, -0.05) is 0 Å². The van der Waals surface area contributed by atoms with Crippen LogP contribution in [0.5, 0.6) is 0 Å². The molecule has 0 aliphatic carbocycles. The van der Waals surface area contributed by atoms with E-state index in [4.69, 9.17) is 0 Å². The number of aryl methyl sites for hydroxylation is 1. The van der Waals surface area contributed by atoms with Gasteiger partial charge >= 0.3 is 146 Å². The van der Waals surface area contributed by atoms with Gasteiger partial charge in [-0.3, -0.25) is 0 Å². The third-order valence-electron chi connectivity index (χ3n) is 3.81. The molecule has 0 fully saturated rings. The van der Waals surface area contributed by atoms with Gasteiger partial charge in [0, 0.05) is 0 Å². The van der Waals surface area contributed by atoms with Crippen molar-refractivity contribution in [1.29, 1.82) is 0 Å². The summed E-state index contributed by atoms with van der Waals surface area (Å²) < 4.78 is 1.06. The molecule has 0 radical (unpaired) electrons. The summed E-state index contributed by atoms with van der Waals surface area (Å²) in [6.45, 7) is 2.10. The molecule has 0 aromatic heterocycles. The second-order valence-electron chi connectivity index (χ2n) is 5.64. The van der Waals surface area contributed by atoms with Crippen LogP contribution in [0, 0.1) is 6.92 Å². The minimum atomic E-state index is 0.928. The minimum absolute atomic E-state index is 0.928. The number of hydrogen-bond acceptors (Lipinski definition) is 1. The Morgan fingerprint density at radius 2 is 1.48 bits per heavy atom. The molecule has 0 unspecified atom stereocenters. The Morgan fingerprint density at radius 3 is 2.22 bits per heavy atom. The monoisotopic (exact) mass is 365 g/mol. The third-order valence-corrected chi connectivity index (χ3v) is 4.48. The van der Waals surface area contributed by atoms with Crippen molar-refractivity contribution in [3.8, 4) is 0 Å². The van der Waals surface area contributed by atoms with Crippen LogP contribution < -0.4 is 5.32 Å². The van der Waals surface area contributed by atoms with Crippen molar-refractivity contribution in [3.63, 3.8) is 0 Å². The Kier molecular flexibility index (Phi) is 5.07. The quantitative estimate of drug-likeness (QED) is 0.664. The Hall–Kier alpha value is -2.15. The summed E-state index contributed by atoms with van der Waals surface area (Å²) in [5.41, 5.74) is 6.22. The zero-order valence-corrected chi connectivity index (χ0v) is 14.8. The van der Waals surface area contributed by atoms with Crippen molar-refractivity contribution >= 4 is 25.8 Å². The first-order chi connectivity index (χ1) is 11.2. The number of nitrogens with one attached hydrogen (secondary N) is 1. The summed E-state index contributed by atoms with van der Waals surface area (Å²) in [5.74, 6) is 0. The summed E-state index contributed by atoms with van der Waals surface area (Å²) in [7, 11) is 0. The number of anilines is 1. The summed E-state index contributed by atoms with van der Waals surface area (Å²) in [4.78, 5) is 0. The van der Waals surface area contributed by atoms with Crippen LogP contribution in [0.4, 0.5) is 5.69 Å². The molecule has 3 aromatic rings. The van der Waals surface area contributed by atoms with Crippen molar-refractivity contribution in [2.75, 3.05) is 5.32 Å². The molecule has 0 aliphatic heterocycles. The van der Waals surface area contributed by atoms with Crippen LogP contribution in [0.2, 0.25) is 0 Å². The first-order valence-corrected chi connectivity index (χ1v) is 8.58. The average Bonchev–Trinajstić information content (AvgIpc) is 2.58. The topological polar surface area (TPSA) is 12.0 Å². The molecule has 0 saturated heterocycles. The van der Waals surface area contributed by atoms with Gasteiger partial charge in [-0.05, 0) is 0 Å². The fraction of sp³-hybridized carbons (Fsp3) is 0.0952. The van der Waals surface area contributed by atoms with E-state index in [2.05, 4.69) is 107 Å². The van der Waals surface area contributed by atoms with Gasteiger partial charge in [0.25, 0.3) is 0 Å². The van der Waals surface area contributed by atoms with Crippen molar-refractivity contribution in [1.82, 2.24) is 0 Å². The molecule has 0 amide bonds. The van der Waals surface area contributed by atoms with Crippen LogP contribution >= 0.6 is 0 Å². The molecule has 1 N–H and O–H groups in total. The molecule has 0 atom stereocenters. The molecule has 0 bridgehead atoms. The van der Waals surface area contributed by atoms with Crippen LogP contribution in [0.15, 0.2) is 78.9 Å². The van der Waals surface area contributed by atoms with Gasteiger partial charge in [0.05, 0.1) is 0 Å². The molecule has 0 heterocycles. The zero-order valence-electron chi connectivity index (χ0n) is 13.1. The van der Waals surface area contributed by atoms with Gasteiger partial charge < -0.3 is 0 Å². The molecule has 0 aliphatic rings. The van der Waals surface area contributed by atoms with Gasteiger partial charge in [0.15, 0.2) is 0 Å². The fourth-order valence-electron chi connectivity index (χ4n) is 2.55. The molecule has 3 aromatic carbocycles. The molecule has 3 rings (SSSR count). The molecular weight excluding hydrogens is 345 g/mol.